The largest absolute Gasteiger partial charge is 0.336 e. The Labute approximate surface area is 159 Å². The van der Waals surface area contributed by atoms with E-state index in [9.17, 15) is 4.79 Å². The number of aryl methyl sites for hydroxylation is 2. The van der Waals surface area contributed by atoms with Crippen LogP contribution in [0.25, 0.3) is 0 Å². The molecule has 0 N–H and O–H groups in total. The summed E-state index contributed by atoms with van der Waals surface area (Å²) in [5.74, 6) is 0.341. The zero-order chi connectivity index (χ0) is 18.1. The van der Waals surface area contributed by atoms with Crippen LogP contribution < -0.4 is 0 Å². The van der Waals surface area contributed by atoms with E-state index in [1.807, 2.05) is 41.4 Å². The summed E-state index contributed by atoms with van der Waals surface area (Å²) in [6.45, 7) is 8.65. The summed E-state index contributed by atoms with van der Waals surface area (Å²) in [5.41, 5.74) is 1.84. The number of hydrogen-bond acceptors (Lipinski definition) is 4. The van der Waals surface area contributed by atoms with Gasteiger partial charge in [-0.05, 0) is 63.9 Å². The van der Waals surface area contributed by atoms with E-state index < -0.39 is 0 Å². The first kappa shape index (κ1) is 17.7. The van der Waals surface area contributed by atoms with E-state index in [0.717, 1.165) is 56.8 Å². The quantitative estimate of drug-likeness (QED) is 0.823. The molecule has 0 aliphatic carbocycles. The molecule has 4 rings (SSSR count). The number of carbonyl (C=O) groups is 1. The van der Waals surface area contributed by atoms with Gasteiger partial charge in [0.2, 0.25) is 5.91 Å². The number of rotatable bonds is 4. The third-order valence-corrected chi connectivity index (χ3v) is 6.72. The van der Waals surface area contributed by atoms with Gasteiger partial charge in [-0.15, -0.1) is 11.3 Å². The normalized spacial score (nSPS) is 23.9. The molecule has 0 saturated carbocycles. The third kappa shape index (κ3) is 3.55. The number of likely N-dealkylation sites (tertiary alicyclic amines) is 2. The number of thiophene rings is 1. The first-order chi connectivity index (χ1) is 12.5. The molecule has 2 aromatic heterocycles. The monoisotopic (exact) mass is 369 g/mol. The van der Waals surface area contributed by atoms with E-state index >= 15 is 0 Å². The molecular formula is C21H27N3OS. The van der Waals surface area contributed by atoms with Crippen LogP contribution in [-0.2, 0) is 17.9 Å². The van der Waals surface area contributed by atoms with Crippen molar-refractivity contribution < 1.29 is 4.79 Å². The molecule has 0 radical (unpaired) electrons. The Bertz CT molecular complexity index is 802. The molecule has 1 spiro atoms. The SMILES string of the molecule is Cc1cccc(CN2CCC3(CCCN(Cc4ccc(C)s4)C3)C2=O)n1. The summed E-state index contributed by atoms with van der Waals surface area (Å²) in [4.78, 5) is 25.1. The van der Waals surface area contributed by atoms with E-state index in [-0.39, 0.29) is 5.41 Å². The first-order valence-electron chi connectivity index (χ1n) is 9.54. The van der Waals surface area contributed by atoms with Crippen molar-refractivity contribution in [2.24, 2.45) is 5.41 Å². The van der Waals surface area contributed by atoms with Crippen molar-refractivity contribution in [3.05, 3.63) is 51.5 Å². The van der Waals surface area contributed by atoms with Crippen LogP contribution in [0.4, 0.5) is 0 Å². The second-order valence-electron chi connectivity index (χ2n) is 7.85. The van der Waals surface area contributed by atoms with Crippen LogP contribution in [0.1, 0.15) is 40.4 Å². The van der Waals surface area contributed by atoms with E-state index in [1.54, 1.807) is 0 Å². The Morgan fingerprint density at radius 3 is 2.77 bits per heavy atom. The Kier molecular flexibility index (Phi) is 4.84. The molecule has 2 aliphatic heterocycles. The number of piperidine rings is 1. The van der Waals surface area contributed by atoms with Gasteiger partial charge in [-0.3, -0.25) is 14.7 Å². The zero-order valence-electron chi connectivity index (χ0n) is 15.7. The summed E-state index contributed by atoms with van der Waals surface area (Å²) < 4.78 is 0. The minimum absolute atomic E-state index is 0.172. The summed E-state index contributed by atoms with van der Waals surface area (Å²) in [6, 6.07) is 10.5. The first-order valence-corrected chi connectivity index (χ1v) is 10.4. The smallest absolute Gasteiger partial charge is 0.230 e. The van der Waals surface area contributed by atoms with Crippen LogP contribution in [0.3, 0.4) is 0 Å². The highest BCUT2D eigenvalue weighted by atomic mass is 32.1. The number of hydrogen-bond donors (Lipinski definition) is 0. The summed E-state index contributed by atoms with van der Waals surface area (Å²) >= 11 is 1.87. The number of nitrogens with zero attached hydrogens (tertiary/aromatic N) is 3. The van der Waals surface area contributed by atoms with Gasteiger partial charge in [0.15, 0.2) is 0 Å². The number of amides is 1. The summed E-state index contributed by atoms with van der Waals surface area (Å²) in [6.07, 6.45) is 3.13. The zero-order valence-corrected chi connectivity index (χ0v) is 16.5. The van der Waals surface area contributed by atoms with E-state index in [1.165, 1.54) is 9.75 Å². The minimum atomic E-state index is -0.172. The van der Waals surface area contributed by atoms with E-state index in [2.05, 4.69) is 28.9 Å². The lowest BCUT2D eigenvalue weighted by atomic mass is 9.78. The fourth-order valence-corrected chi connectivity index (χ4v) is 5.39. The van der Waals surface area contributed by atoms with Crippen LogP contribution in [0.2, 0.25) is 0 Å². The molecule has 1 unspecified atom stereocenters. The highest BCUT2D eigenvalue weighted by molar-refractivity contribution is 7.11. The van der Waals surface area contributed by atoms with Gasteiger partial charge in [0, 0.05) is 35.1 Å². The molecule has 2 aromatic rings. The molecule has 5 heteroatoms. The van der Waals surface area contributed by atoms with Crippen molar-refractivity contribution in [3.63, 3.8) is 0 Å². The van der Waals surface area contributed by atoms with Crippen LogP contribution in [0.5, 0.6) is 0 Å². The molecule has 2 aliphatic rings. The van der Waals surface area contributed by atoms with Gasteiger partial charge in [0.05, 0.1) is 17.7 Å². The van der Waals surface area contributed by atoms with Crippen LogP contribution in [0, 0.1) is 19.3 Å². The molecule has 26 heavy (non-hydrogen) atoms. The maximum absolute atomic E-state index is 13.2. The highest BCUT2D eigenvalue weighted by Gasteiger charge is 2.48. The summed E-state index contributed by atoms with van der Waals surface area (Å²) in [5, 5.41) is 0. The average Bonchev–Trinajstić information content (AvgIpc) is 3.14. The van der Waals surface area contributed by atoms with Gasteiger partial charge < -0.3 is 4.90 Å². The molecule has 1 atom stereocenters. The standard InChI is InChI=1S/C21H27N3OS/c1-16-5-3-6-18(22-16)13-24-12-10-21(20(24)25)9-4-11-23(15-21)14-19-8-7-17(2)26-19/h3,5-8H,4,9-15H2,1-2H3. The number of aromatic nitrogens is 1. The third-order valence-electron chi connectivity index (χ3n) is 5.73. The second kappa shape index (κ2) is 7.12. The highest BCUT2D eigenvalue weighted by Crippen LogP contribution is 2.41. The minimum Gasteiger partial charge on any atom is -0.336 e. The van der Waals surface area contributed by atoms with Crippen molar-refractivity contribution in [3.8, 4) is 0 Å². The van der Waals surface area contributed by atoms with Crippen LogP contribution in [-0.4, -0.2) is 40.3 Å². The van der Waals surface area contributed by atoms with E-state index in [4.69, 9.17) is 0 Å². The topological polar surface area (TPSA) is 36.4 Å². The van der Waals surface area contributed by atoms with Gasteiger partial charge in [-0.25, -0.2) is 0 Å². The summed E-state index contributed by atoms with van der Waals surface area (Å²) in [7, 11) is 0. The molecule has 0 bridgehead atoms. The Balaban J connectivity index is 1.43. The molecule has 2 saturated heterocycles. The fraction of sp³-hybridized carbons (Fsp3) is 0.524. The maximum Gasteiger partial charge on any atom is 0.230 e. The Morgan fingerprint density at radius 1 is 1.12 bits per heavy atom. The van der Waals surface area contributed by atoms with Gasteiger partial charge in [0.1, 0.15) is 0 Å². The molecule has 138 valence electrons. The van der Waals surface area contributed by atoms with Crippen LogP contribution in [0.15, 0.2) is 30.3 Å². The van der Waals surface area contributed by atoms with Gasteiger partial charge in [-0.1, -0.05) is 6.07 Å². The molecule has 0 aromatic carbocycles. The van der Waals surface area contributed by atoms with E-state index in [0.29, 0.717) is 12.5 Å². The Morgan fingerprint density at radius 2 is 2.00 bits per heavy atom. The van der Waals surface area contributed by atoms with Crippen molar-refractivity contribution in [2.75, 3.05) is 19.6 Å². The van der Waals surface area contributed by atoms with Crippen LogP contribution >= 0.6 is 11.3 Å². The molecular weight excluding hydrogens is 342 g/mol. The van der Waals surface area contributed by atoms with Gasteiger partial charge >= 0.3 is 0 Å². The van der Waals surface area contributed by atoms with Crippen molar-refractivity contribution in [1.29, 1.82) is 0 Å². The Hall–Kier alpha value is -1.72. The average molecular weight is 370 g/mol. The molecule has 2 fully saturated rings. The number of pyridine rings is 1. The second-order valence-corrected chi connectivity index (χ2v) is 9.23. The lowest BCUT2D eigenvalue weighted by Gasteiger charge is -2.38. The van der Waals surface area contributed by atoms with Gasteiger partial charge in [-0.2, -0.15) is 0 Å². The maximum atomic E-state index is 13.2. The predicted molar refractivity (Wildman–Crippen MR) is 105 cm³/mol. The molecule has 4 nitrogen and oxygen atoms in total. The molecule has 1 amide bonds. The lowest BCUT2D eigenvalue weighted by molar-refractivity contribution is -0.139. The van der Waals surface area contributed by atoms with Crippen molar-refractivity contribution >= 4 is 17.2 Å². The lowest BCUT2D eigenvalue weighted by Crippen LogP contribution is -2.47. The van der Waals surface area contributed by atoms with Crippen molar-refractivity contribution in [2.45, 2.75) is 46.2 Å². The van der Waals surface area contributed by atoms with Crippen molar-refractivity contribution in [1.82, 2.24) is 14.8 Å². The van der Waals surface area contributed by atoms with Gasteiger partial charge in [0.25, 0.3) is 0 Å². The number of carbonyl (C=O) groups excluding carboxylic acids is 1. The fourth-order valence-electron chi connectivity index (χ4n) is 4.46. The predicted octanol–water partition coefficient (Wildman–Crippen LogP) is 3.77. The molecule has 4 heterocycles.